The summed E-state index contributed by atoms with van der Waals surface area (Å²) in [6.45, 7) is 6.82. The number of aliphatic hydroxyl groups excluding tert-OH is 3. The molecule has 30 heteroatoms. The van der Waals surface area contributed by atoms with Crippen LogP contribution in [-0.4, -0.2) is 246 Å². The number of methoxy groups -OCH3 is 4. The molecule has 9 unspecified atom stereocenters. The molecule has 0 saturated heterocycles. The Morgan fingerprint density at radius 3 is 1.10 bits per heavy atom. The van der Waals surface area contributed by atoms with Gasteiger partial charge in [-0.3, -0.25) is 9.59 Å². The van der Waals surface area contributed by atoms with Crippen molar-refractivity contribution in [2.24, 2.45) is 0 Å². The number of hydrogen-bond donors (Lipinski definition) is 7. The molecule has 0 heterocycles. The SMILES string of the molecule is CCCCC(OC)C(CC(O[Si](CC)(CCCS)OC)C(CCCCCCCCC(=O)OCCO[Si](CCCS)(OC)OC)OC)O[Si](CCCS)(OC)OC.CCCCC(OC)C(O)CC(O)C(CCCCCCCCC(=O)OCCO)OC.CO[Si](CCCS)(OC)OC. The van der Waals surface area contributed by atoms with Crippen LogP contribution in [0.1, 0.15) is 201 Å². The molecule has 0 aliphatic carbocycles. The van der Waals surface area contributed by atoms with Gasteiger partial charge < -0.3 is 92.4 Å². The molecule has 22 nitrogen and oxygen atoms in total. The fraction of sp³-hybridized carbons (Fsp3) is 0.970. The van der Waals surface area contributed by atoms with Gasteiger partial charge in [0.15, 0.2) is 0 Å². The largest absolute Gasteiger partial charge is 0.500 e. The van der Waals surface area contributed by atoms with E-state index in [-0.39, 0.29) is 81.4 Å². The van der Waals surface area contributed by atoms with Gasteiger partial charge in [0.2, 0.25) is 0 Å². The third kappa shape index (κ3) is 47.8. The Labute approximate surface area is 610 Å². The molecule has 96 heavy (non-hydrogen) atoms. The van der Waals surface area contributed by atoms with Gasteiger partial charge in [0, 0.05) is 129 Å². The van der Waals surface area contributed by atoms with Crippen molar-refractivity contribution in [2.75, 3.05) is 135 Å². The van der Waals surface area contributed by atoms with E-state index in [0.717, 1.165) is 189 Å². The number of thiol groups is 4. The van der Waals surface area contributed by atoms with Gasteiger partial charge in [0.25, 0.3) is 0 Å². The molecule has 0 aliphatic rings. The zero-order chi connectivity index (χ0) is 72.8. The molecular formula is C66H142O22S4Si4. The molecule has 0 aromatic heterocycles. The molecule has 578 valence electrons. The molecule has 0 rings (SSSR count). The highest BCUT2D eigenvalue weighted by Crippen LogP contribution is 2.33. The second-order valence-corrected chi connectivity index (χ2v) is 38.3. The lowest BCUT2D eigenvalue weighted by atomic mass is 9.96. The minimum atomic E-state index is -3.03. The summed E-state index contributed by atoms with van der Waals surface area (Å²) in [6.07, 6.45) is 21.4. The Balaban J connectivity index is -0.00000178. The van der Waals surface area contributed by atoms with E-state index in [1.165, 1.54) is 0 Å². The van der Waals surface area contributed by atoms with E-state index in [1.54, 1.807) is 85.3 Å². The molecule has 0 saturated carbocycles. The van der Waals surface area contributed by atoms with E-state index in [4.69, 9.17) is 82.2 Å². The summed E-state index contributed by atoms with van der Waals surface area (Å²) in [5, 5.41) is 29.4. The normalized spacial score (nSPS) is 15.3. The molecular weight excluding hydrogens is 1390 g/mol. The van der Waals surface area contributed by atoms with Crippen LogP contribution in [0.5, 0.6) is 0 Å². The third-order valence-corrected chi connectivity index (χ3v) is 30.7. The summed E-state index contributed by atoms with van der Waals surface area (Å²) in [4.78, 5) is 23.6. The molecule has 0 spiro atoms. The summed E-state index contributed by atoms with van der Waals surface area (Å²) in [7, 11) is 9.27. The van der Waals surface area contributed by atoms with E-state index >= 15 is 0 Å². The quantitative estimate of drug-likeness (QED) is 0.0129. The van der Waals surface area contributed by atoms with Crippen LogP contribution in [0.15, 0.2) is 0 Å². The highest BCUT2D eigenvalue weighted by Gasteiger charge is 2.46. The van der Waals surface area contributed by atoms with Gasteiger partial charge in [-0.05, 0) is 99.3 Å². The zero-order valence-electron chi connectivity index (χ0n) is 62.5. The van der Waals surface area contributed by atoms with E-state index < -0.39 is 47.2 Å². The van der Waals surface area contributed by atoms with Crippen LogP contribution >= 0.6 is 50.5 Å². The van der Waals surface area contributed by atoms with Crippen LogP contribution in [-0.2, 0) is 86.7 Å². The van der Waals surface area contributed by atoms with Gasteiger partial charge in [-0.25, -0.2) is 0 Å². The smallest absolute Gasteiger partial charge is 0.463 e. The number of aliphatic hydroxyl groups is 3. The fourth-order valence-electron chi connectivity index (χ4n) is 11.1. The predicted molar refractivity (Wildman–Crippen MR) is 405 cm³/mol. The molecule has 3 N–H and O–H groups in total. The second kappa shape index (κ2) is 67.4. The summed E-state index contributed by atoms with van der Waals surface area (Å²) in [5.74, 6) is 2.60. The first-order chi connectivity index (χ1) is 46.3. The number of esters is 2. The Kier molecular flexibility index (Phi) is 70.6. The Morgan fingerprint density at radius 2 is 0.719 bits per heavy atom. The highest BCUT2D eigenvalue weighted by molar-refractivity contribution is 7.80. The van der Waals surface area contributed by atoms with Crippen molar-refractivity contribution >= 4 is 97.4 Å². The van der Waals surface area contributed by atoms with Crippen molar-refractivity contribution in [1.82, 2.24) is 0 Å². The Bertz CT molecular complexity index is 1700. The molecule has 0 fully saturated rings. The first kappa shape index (κ1) is 101. The topological polar surface area (TPSA) is 252 Å². The summed E-state index contributed by atoms with van der Waals surface area (Å²) < 4.78 is 98.4. The van der Waals surface area contributed by atoms with E-state index in [0.29, 0.717) is 37.1 Å². The third-order valence-electron chi connectivity index (χ3n) is 17.2. The maximum absolute atomic E-state index is 12.3. The van der Waals surface area contributed by atoms with Crippen molar-refractivity contribution < 1.29 is 102 Å². The van der Waals surface area contributed by atoms with Crippen LogP contribution in [0.2, 0.25) is 30.2 Å². The minimum absolute atomic E-state index is 0.0766. The maximum Gasteiger partial charge on any atom is 0.500 e. The number of ether oxygens (including phenoxy) is 6. The number of carbonyl (C=O) groups excluding carboxylic acids is 2. The lowest BCUT2D eigenvalue weighted by Gasteiger charge is -2.40. The Hall–Kier alpha value is 0.488. The number of carbonyl (C=O) groups is 2. The predicted octanol–water partition coefficient (Wildman–Crippen LogP) is 12.7. The van der Waals surface area contributed by atoms with E-state index in [1.807, 2.05) is 0 Å². The van der Waals surface area contributed by atoms with Crippen molar-refractivity contribution in [3.63, 3.8) is 0 Å². The van der Waals surface area contributed by atoms with Crippen LogP contribution in [0, 0.1) is 0 Å². The number of hydrogen-bond acceptors (Lipinski definition) is 26. The molecule has 0 aromatic carbocycles. The average Bonchev–Trinajstić information content (AvgIpc) is 0.835. The molecule has 9 atom stereocenters. The Morgan fingerprint density at radius 1 is 0.365 bits per heavy atom. The second-order valence-electron chi connectivity index (χ2n) is 23.9. The fourth-order valence-corrected chi connectivity index (χ4v) is 21.6. The van der Waals surface area contributed by atoms with Crippen LogP contribution < -0.4 is 0 Å². The van der Waals surface area contributed by atoms with E-state index in [9.17, 15) is 19.8 Å². The first-order valence-corrected chi connectivity index (χ1v) is 46.1. The summed E-state index contributed by atoms with van der Waals surface area (Å²) in [6, 6.07) is 3.84. The summed E-state index contributed by atoms with van der Waals surface area (Å²) in [5.41, 5.74) is 0. The van der Waals surface area contributed by atoms with Gasteiger partial charge in [-0.2, -0.15) is 50.5 Å². The average molecular weight is 1530 g/mol. The minimum Gasteiger partial charge on any atom is -0.463 e. The van der Waals surface area contributed by atoms with Crippen LogP contribution in [0.4, 0.5) is 0 Å². The van der Waals surface area contributed by atoms with Crippen molar-refractivity contribution in [1.29, 1.82) is 0 Å². The van der Waals surface area contributed by atoms with Gasteiger partial charge in [-0.1, -0.05) is 111 Å². The van der Waals surface area contributed by atoms with Crippen LogP contribution in [0.25, 0.3) is 0 Å². The molecule has 0 aromatic rings. The summed E-state index contributed by atoms with van der Waals surface area (Å²) >= 11 is 17.3. The standard InChI is InChI=1S/C38H82O12S3Si3.C22H44O7.C6H16O3SSi/c1-10-12-22-34(40-3)37(50-56(45-8,46-9)32-21-29-53)33-36(49-54(11-2,42-5)30-19-27-51)35(41-4)23-17-15-13-14-16-18-24-38(39)47-25-26-48-55(43-6,44-7)31-20-28-52;1-4-5-12-20(27-2)18(24)17-19(25)21(28-3)13-10-8-6-7-9-11-14-22(26)29-16-15-23;1-7-11(8-2,9-3)6-4-5-10/h34-37,51-53H,10-33H2,1-9H3;18-21,23-25H,4-17H2,1-3H3;10H,4-6H2,1-3H3. The van der Waals surface area contributed by atoms with Crippen molar-refractivity contribution in [3.05, 3.63) is 0 Å². The van der Waals surface area contributed by atoms with Gasteiger partial charge in [0.1, 0.15) is 13.2 Å². The highest BCUT2D eigenvalue weighted by atomic mass is 32.1. The van der Waals surface area contributed by atoms with Crippen molar-refractivity contribution in [3.8, 4) is 0 Å². The lowest BCUT2D eigenvalue weighted by Crippen LogP contribution is -2.53. The monoisotopic (exact) mass is 1530 g/mol. The van der Waals surface area contributed by atoms with Crippen molar-refractivity contribution in [2.45, 2.75) is 280 Å². The van der Waals surface area contributed by atoms with Gasteiger partial charge in [-0.15, -0.1) is 0 Å². The molecule has 0 aliphatic heterocycles. The van der Waals surface area contributed by atoms with Gasteiger partial charge in [0.05, 0.1) is 62.0 Å². The number of rotatable bonds is 67. The first-order valence-electron chi connectivity index (χ1n) is 35.5. The lowest BCUT2D eigenvalue weighted by molar-refractivity contribution is -0.145. The molecule has 0 radical (unpaired) electrons. The zero-order valence-corrected chi connectivity index (χ0v) is 70.1. The molecule has 0 bridgehead atoms. The van der Waals surface area contributed by atoms with E-state index in [2.05, 4.69) is 71.3 Å². The number of unbranched alkanes of at least 4 members (excludes halogenated alkanes) is 12. The maximum atomic E-state index is 12.3. The van der Waals surface area contributed by atoms with Crippen LogP contribution in [0.3, 0.4) is 0 Å². The van der Waals surface area contributed by atoms with Gasteiger partial charge >= 0.3 is 46.9 Å². The molecule has 0 amide bonds.